The molecule has 0 atom stereocenters. The molecule has 3 rings (SSSR count). The highest BCUT2D eigenvalue weighted by molar-refractivity contribution is 5.78. The number of amides is 1. The van der Waals surface area contributed by atoms with Crippen LogP contribution in [0.4, 0.5) is 4.39 Å². The number of nitrogens with zero attached hydrogens (tertiary/aromatic N) is 2. The van der Waals surface area contributed by atoms with Crippen LogP contribution < -0.4 is 5.32 Å². The number of rotatable bonds is 6. The Balaban J connectivity index is 1.48. The van der Waals surface area contributed by atoms with Gasteiger partial charge in [0.15, 0.2) is 0 Å². The zero-order valence-corrected chi connectivity index (χ0v) is 13.6. The minimum atomic E-state index is -0.290. The molecule has 0 saturated heterocycles. The third-order valence-corrected chi connectivity index (χ3v) is 4.00. The van der Waals surface area contributed by atoms with E-state index in [0.717, 1.165) is 35.4 Å². The van der Waals surface area contributed by atoms with E-state index < -0.39 is 0 Å². The summed E-state index contributed by atoms with van der Waals surface area (Å²) in [6.07, 6.45) is 1.10. The number of para-hydroxylation sites is 2. The third-order valence-electron chi connectivity index (χ3n) is 4.00. The fourth-order valence-electron chi connectivity index (χ4n) is 2.79. The van der Waals surface area contributed by atoms with Gasteiger partial charge in [0, 0.05) is 13.1 Å². The number of aryl methyl sites for hydroxylation is 2. The molecule has 3 aromatic rings. The van der Waals surface area contributed by atoms with Crippen LogP contribution >= 0.6 is 0 Å². The maximum atomic E-state index is 12.8. The van der Waals surface area contributed by atoms with Gasteiger partial charge in [-0.25, -0.2) is 9.37 Å². The minimum Gasteiger partial charge on any atom is -0.356 e. The maximum absolute atomic E-state index is 12.8. The number of hydrogen-bond acceptors (Lipinski definition) is 2. The normalized spacial score (nSPS) is 10.9. The summed E-state index contributed by atoms with van der Waals surface area (Å²) < 4.78 is 15.0. The van der Waals surface area contributed by atoms with E-state index >= 15 is 0 Å². The van der Waals surface area contributed by atoms with Crippen molar-refractivity contribution in [1.82, 2.24) is 14.9 Å². The molecule has 0 saturated carbocycles. The Morgan fingerprint density at radius 1 is 1.17 bits per heavy atom. The second-order valence-electron chi connectivity index (χ2n) is 5.81. The topological polar surface area (TPSA) is 46.9 Å². The molecule has 0 aliphatic rings. The Labute approximate surface area is 140 Å². The molecule has 1 aromatic heterocycles. The molecule has 0 unspecified atom stereocenters. The molecule has 0 bridgehead atoms. The van der Waals surface area contributed by atoms with Gasteiger partial charge in [-0.2, -0.15) is 0 Å². The van der Waals surface area contributed by atoms with E-state index in [1.807, 2.05) is 25.1 Å². The Morgan fingerprint density at radius 2 is 1.92 bits per heavy atom. The summed E-state index contributed by atoms with van der Waals surface area (Å²) in [5.74, 6) is 0.643. The van der Waals surface area contributed by atoms with Crippen molar-refractivity contribution in [3.63, 3.8) is 0 Å². The van der Waals surface area contributed by atoms with Gasteiger partial charge in [0.1, 0.15) is 11.6 Å². The van der Waals surface area contributed by atoms with Crippen LogP contribution in [-0.2, 0) is 17.8 Å². The van der Waals surface area contributed by atoms with Crippen molar-refractivity contribution in [1.29, 1.82) is 0 Å². The number of carbonyl (C=O) groups is 1. The summed E-state index contributed by atoms with van der Waals surface area (Å²) >= 11 is 0. The molecule has 2 aromatic carbocycles. The van der Waals surface area contributed by atoms with Crippen molar-refractivity contribution in [2.45, 2.75) is 26.3 Å². The van der Waals surface area contributed by atoms with Crippen molar-refractivity contribution in [3.8, 4) is 0 Å². The average Bonchev–Trinajstić information content (AvgIpc) is 2.89. The Kier molecular flexibility index (Phi) is 4.89. The Morgan fingerprint density at radius 3 is 2.71 bits per heavy atom. The molecule has 24 heavy (non-hydrogen) atoms. The van der Waals surface area contributed by atoms with Crippen LogP contribution in [0, 0.1) is 12.7 Å². The molecule has 5 heteroatoms. The smallest absolute Gasteiger partial charge is 0.224 e. The van der Waals surface area contributed by atoms with Gasteiger partial charge in [-0.05, 0) is 43.2 Å². The van der Waals surface area contributed by atoms with E-state index in [1.54, 1.807) is 12.1 Å². The second-order valence-corrected chi connectivity index (χ2v) is 5.81. The van der Waals surface area contributed by atoms with Crippen molar-refractivity contribution in [2.24, 2.45) is 0 Å². The highest BCUT2D eigenvalue weighted by Crippen LogP contribution is 2.15. The lowest BCUT2D eigenvalue weighted by Gasteiger charge is -2.08. The molecular weight excluding hydrogens is 305 g/mol. The quantitative estimate of drug-likeness (QED) is 0.707. The maximum Gasteiger partial charge on any atom is 0.224 e. The predicted molar refractivity (Wildman–Crippen MR) is 92.2 cm³/mol. The van der Waals surface area contributed by atoms with Crippen LogP contribution in [-0.4, -0.2) is 22.0 Å². The van der Waals surface area contributed by atoms with Gasteiger partial charge in [-0.15, -0.1) is 0 Å². The number of nitrogens with one attached hydrogen (secondary N) is 1. The van der Waals surface area contributed by atoms with Crippen LogP contribution in [0.1, 0.15) is 17.8 Å². The molecule has 1 N–H and O–H groups in total. The highest BCUT2D eigenvalue weighted by atomic mass is 19.1. The minimum absolute atomic E-state index is 0.0474. The fraction of sp³-hybridized carbons (Fsp3) is 0.263. The van der Waals surface area contributed by atoms with Crippen molar-refractivity contribution >= 4 is 16.9 Å². The zero-order valence-electron chi connectivity index (χ0n) is 13.6. The lowest BCUT2D eigenvalue weighted by molar-refractivity contribution is -0.120. The van der Waals surface area contributed by atoms with Crippen LogP contribution in [0.2, 0.25) is 0 Å². The fourth-order valence-corrected chi connectivity index (χ4v) is 2.79. The van der Waals surface area contributed by atoms with Crippen molar-refractivity contribution < 1.29 is 9.18 Å². The molecule has 124 valence electrons. The molecular formula is C19H20FN3O. The average molecular weight is 325 g/mol. The number of hydrogen-bond donors (Lipinski definition) is 1. The molecule has 0 aliphatic carbocycles. The molecule has 1 amide bonds. The number of aromatic nitrogens is 2. The lowest BCUT2D eigenvalue weighted by atomic mass is 10.1. The molecule has 0 spiro atoms. The van der Waals surface area contributed by atoms with Gasteiger partial charge in [-0.1, -0.05) is 24.3 Å². The van der Waals surface area contributed by atoms with E-state index in [1.165, 1.54) is 12.1 Å². The number of benzene rings is 2. The molecule has 0 aliphatic heterocycles. The van der Waals surface area contributed by atoms with E-state index in [-0.39, 0.29) is 18.1 Å². The first-order valence-corrected chi connectivity index (χ1v) is 8.06. The van der Waals surface area contributed by atoms with E-state index in [4.69, 9.17) is 0 Å². The molecule has 0 fully saturated rings. The van der Waals surface area contributed by atoms with Gasteiger partial charge >= 0.3 is 0 Å². The van der Waals surface area contributed by atoms with Gasteiger partial charge in [0.25, 0.3) is 0 Å². The third kappa shape index (κ3) is 3.79. The summed E-state index contributed by atoms with van der Waals surface area (Å²) in [6.45, 7) is 3.41. The first-order valence-electron chi connectivity index (χ1n) is 8.06. The Bertz CT molecular complexity index is 839. The summed E-state index contributed by atoms with van der Waals surface area (Å²) in [5.41, 5.74) is 2.92. The van der Waals surface area contributed by atoms with Gasteiger partial charge in [0.05, 0.1) is 17.5 Å². The first-order chi connectivity index (χ1) is 11.6. The van der Waals surface area contributed by atoms with Crippen LogP contribution in [0.25, 0.3) is 11.0 Å². The number of carbonyl (C=O) groups excluding carboxylic acids is 1. The van der Waals surface area contributed by atoms with Gasteiger partial charge < -0.3 is 9.88 Å². The standard InChI is InChI=1S/C19H20FN3O/c1-14-22-17-5-2-3-6-18(17)23(14)12-4-11-21-19(24)13-15-7-9-16(20)10-8-15/h2-3,5-10H,4,11-13H2,1H3,(H,21,24). The van der Waals surface area contributed by atoms with E-state index in [0.29, 0.717) is 6.54 Å². The molecule has 0 radical (unpaired) electrons. The van der Waals surface area contributed by atoms with E-state index in [2.05, 4.69) is 20.9 Å². The number of imidazole rings is 1. The summed E-state index contributed by atoms with van der Waals surface area (Å²) in [5, 5.41) is 2.91. The summed E-state index contributed by atoms with van der Waals surface area (Å²) in [7, 11) is 0. The number of fused-ring (bicyclic) bond motifs is 1. The van der Waals surface area contributed by atoms with Crippen LogP contribution in [0.15, 0.2) is 48.5 Å². The Hall–Kier alpha value is -2.69. The van der Waals surface area contributed by atoms with Crippen molar-refractivity contribution in [3.05, 3.63) is 65.7 Å². The lowest BCUT2D eigenvalue weighted by Crippen LogP contribution is -2.26. The van der Waals surface area contributed by atoms with Crippen LogP contribution in [0.3, 0.4) is 0 Å². The predicted octanol–water partition coefficient (Wildman–Crippen LogP) is 3.23. The summed E-state index contributed by atoms with van der Waals surface area (Å²) in [4.78, 5) is 16.4. The largest absolute Gasteiger partial charge is 0.356 e. The van der Waals surface area contributed by atoms with Gasteiger partial charge in [0.2, 0.25) is 5.91 Å². The molecule has 4 nitrogen and oxygen atoms in total. The molecule has 1 heterocycles. The highest BCUT2D eigenvalue weighted by Gasteiger charge is 2.07. The van der Waals surface area contributed by atoms with Gasteiger partial charge in [-0.3, -0.25) is 4.79 Å². The van der Waals surface area contributed by atoms with Crippen molar-refractivity contribution in [2.75, 3.05) is 6.54 Å². The zero-order chi connectivity index (χ0) is 16.9. The second kappa shape index (κ2) is 7.25. The SMILES string of the molecule is Cc1nc2ccccc2n1CCCNC(=O)Cc1ccc(F)cc1. The monoisotopic (exact) mass is 325 g/mol. The van der Waals surface area contributed by atoms with Crippen LogP contribution in [0.5, 0.6) is 0 Å². The summed E-state index contributed by atoms with van der Waals surface area (Å²) in [6, 6.07) is 14.1. The number of halogens is 1. The first kappa shape index (κ1) is 16.2. The van der Waals surface area contributed by atoms with E-state index in [9.17, 15) is 9.18 Å².